The number of allylic oxidation sites excluding steroid dienone is 3. The first-order chi connectivity index (χ1) is 22.7. The topological polar surface area (TPSA) is 69.6 Å². The molecule has 5 nitrogen and oxygen atoms in total. The molecule has 278 valence electrons. The van der Waals surface area contributed by atoms with Gasteiger partial charge in [0, 0.05) is 43.2 Å². The normalized spacial score (nSPS) is 43.0. The summed E-state index contributed by atoms with van der Waals surface area (Å²) in [6.07, 6.45) is 16.5. The van der Waals surface area contributed by atoms with Gasteiger partial charge in [0.1, 0.15) is 0 Å². The van der Waals surface area contributed by atoms with Gasteiger partial charge in [-0.05, 0) is 150 Å². The van der Waals surface area contributed by atoms with E-state index in [0.29, 0.717) is 34.0 Å². The molecule has 6 heteroatoms. The van der Waals surface area contributed by atoms with E-state index >= 15 is 0 Å². The Morgan fingerprint density at radius 3 is 2.35 bits per heavy atom. The van der Waals surface area contributed by atoms with Crippen molar-refractivity contribution >= 4 is 21.4 Å². The maximum absolute atomic E-state index is 12.5. The average Bonchev–Trinajstić information content (AvgIpc) is 3.37. The van der Waals surface area contributed by atoms with E-state index in [1.165, 1.54) is 63.4 Å². The Kier molecular flexibility index (Phi) is 9.82. The van der Waals surface area contributed by atoms with Gasteiger partial charge >= 0.3 is 5.97 Å². The molecule has 6 aliphatic rings. The predicted octanol–water partition coefficient (Wildman–Crippen LogP) is 8.84. The van der Waals surface area contributed by atoms with Crippen LogP contribution < -0.4 is 5.32 Å². The van der Waals surface area contributed by atoms with Crippen molar-refractivity contribution in [3.05, 3.63) is 23.8 Å². The number of nitrogens with zero attached hydrogens (tertiary/aromatic N) is 1. The maximum atomic E-state index is 12.5. The molecule has 6 rings (SSSR count). The van der Waals surface area contributed by atoms with Crippen molar-refractivity contribution in [1.82, 2.24) is 10.2 Å². The summed E-state index contributed by atoms with van der Waals surface area (Å²) in [5, 5.41) is 13.8. The molecule has 0 aromatic rings. The van der Waals surface area contributed by atoms with E-state index in [1.807, 2.05) is 0 Å². The zero-order chi connectivity index (χ0) is 35.8. The number of hydrogen-bond donors (Lipinski definition) is 2. The zero-order valence-corrected chi connectivity index (χ0v) is 33.5. The molecule has 5 fully saturated rings. The molecule has 0 amide bonds. The van der Waals surface area contributed by atoms with Crippen LogP contribution in [-0.4, -0.2) is 69.3 Å². The standard InChI is InChI=1S/C43H72N2O3S/c1-30(2)32-15-20-43(44-23-24-45-25-27-49(10,48)28-26-45)22-21-41(8)33(37(32)43)11-12-35-40(7)18-14-31(13-17-38(3,4)29-36(46)47)39(5,6)34(40)16-19-42(35,41)9/h14,32-35,37,44H,1,10-13,15-29H2,2-9H3,(H,46,47)/t32-,33+,34-,35+,37+,40-,41+,42+,43-/m0/s1. The number of nitrogens with one attached hydrogen (secondary N) is 1. The van der Waals surface area contributed by atoms with E-state index in [1.54, 1.807) is 5.57 Å². The lowest BCUT2D eigenvalue weighted by atomic mass is 9.33. The lowest BCUT2D eigenvalue weighted by Gasteiger charge is -2.72. The average molecular weight is 697 g/mol. The van der Waals surface area contributed by atoms with Crippen molar-refractivity contribution in [2.24, 2.45) is 56.7 Å². The molecular formula is C43H72N2O3S. The van der Waals surface area contributed by atoms with Crippen molar-refractivity contribution in [3.8, 4) is 0 Å². The van der Waals surface area contributed by atoms with Gasteiger partial charge in [-0.3, -0.25) is 9.00 Å². The van der Waals surface area contributed by atoms with Gasteiger partial charge in [0.25, 0.3) is 0 Å². The van der Waals surface area contributed by atoms with E-state index < -0.39 is 15.5 Å². The molecular weight excluding hydrogens is 625 g/mol. The molecule has 1 saturated heterocycles. The van der Waals surface area contributed by atoms with Gasteiger partial charge in [-0.15, -0.1) is 0 Å². The van der Waals surface area contributed by atoms with Gasteiger partial charge in [0.2, 0.25) is 0 Å². The van der Waals surface area contributed by atoms with Crippen LogP contribution in [0.5, 0.6) is 0 Å². The van der Waals surface area contributed by atoms with Gasteiger partial charge in [-0.25, -0.2) is 0 Å². The Morgan fingerprint density at radius 1 is 1.00 bits per heavy atom. The minimum absolute atomic E-state index is 0.145. The highest BCUT2D eigenvalue weighted by molar-refractivity contribution is 8.00. The molecule has 0 unspecified atom stereocenters. The first kappa shape index (κ1) is 37.6. The minimum Gasteiger partial charge on any atom is -0.481 e. The SMILES string of the molecule is C=C(C)[C@@H]1CC[C@]2(NCCN3CCS(=C)(=O)CC3)CC[C@]3(C)[C@H](CC[C@@H]4[C@@]5(C)CC=C(CCC(C)(C)CC(=O)O)C(C)(C)[C@@H]5CC[C@]43C)[C@@H]12. The van der Waals surface area contributed by atoms with Gasteiger partial charge in [0.15, 0.2) is 0 Å². The monoisotopic (exact) mass is 697 g/mol. The second-order valence-electron chi connectivity index (χ2n) is 20.4. The zero-order valence-electron chi connectivity index (χ0n) is 32.7. The van der Waals surface area contributed by atoms with Gasteiger partial charge in [0.05, 0.1) is 6.42 Å². The highest BCUT2D eigenvalue weighted by Gasteiger charge is 2.70. The smallest absolute Gasteiger partial charge is 0.303 e. The number of fused-ring (bicyclic) bond motifs is 7. The number of aliphatic carboxylic acids is 1. The van der Waals surface area contributed by atoms with E-state index in [4.69, 9.17) is 0 Å². The van der Waals surface area contributed by atoms with Gasteiger partial charge in [-0.1, -0.05) is 72.3 Å². The molecule has 1 heterocycles. The fourth-order valence-electron chi connectivity index (χ4n) is 14.0. The maximum Gasteiger partial charge on any atom is 0.303 e. The highest BCUT2D eigenvalue weighted by Crippen LogP contribution is 2.76. The van der Waals surface area contributed by atoms with Crippen molar-refractivity contribution < 1.29 is 14.1 Å². The Bertz CT molecular complexity index is 1430. The third kappa shape index (κ3) is 6.36. The number of carboxylic acid groups (broad SMARTS) is 1. The first-order valence-corrected chi connectivity index (χ1v) is 22.1. The Hall–Kier alpha value is -1.11. The van der Waals surface area contributed by atoms with E-state index in [-0.39, 0.29) is 22.8 Å². The van der Waals surface area contributed by atoms with Crippen LogP contribution in [0.1, 0.15) is 132 Å². The van der Waals surface area contributed by atoms with Crippen LogP contribution in [0.2, 0.25) is 0 Å². The molecule has 5 aliphatic carbocycles. The van der Waals surface area contributed by atoms with Crippen LogP contribution in [0.3, 0.4) is 0 Å². The lowest BCUT2D eigenvalue weighted by Crippen LogP contribution is -2.68. The molecule has 49 heavy (non-hydrogen) atoms. The fourth-order valence-corrected chi connectivity index (χ4v) is 15.4. The van der Waals surface area contributed by atoms with Crippen LogP contribution in [0.25, 0.3) is 0 Å². The van der Waals surface area contributed by atoms with Crippen LogP contribution in [0, 0.1) is 56.7 Å². The summed E-state index contributed by atoms with van der Waals surface area (Å²) in [6.45, 7) is 28.3. The van der Waals surface area contributed by atoms with Crippen LogP contribution in [-0.2, 0) is 14.3 Å². The summed E-state index contributed by atoms with van der Waals surface area (Å²) in [6, 6.07) is 0. The van der Waals surface area contributed by atoms with Crippen LogP contribution in [0.4, 0.5) is 0 Å². The fraction of sp³-hybridized carbons (Fsp3) is 0.860. The number of carbonyl (C=O) groups is 1. The Labute approximate surface area is 300 Å². The van der Waals surface area contributed by atoms with Crippen molar-refractivity contribution in [3.63, 3.8) is 0 Å². The first-order valence-electron chi connectivity index (χ1n) is 20.1. The Morgan fingerprint density at radius 2 is 1.69 bits per heavy atom. The Balaban J connectivity index is 1.22. The summed E-state index contributed by atoms with van der Waals surface area (Å²) >= 11 is 0. The van der Waals surface area contributed by atoms with Crippen LogP contribution in [0.15, 0.2) is 23.8 Å². The quantitative estimate of drug-likeness (QED) is 0.177. The molecule has 0 spiro atoms. The minimum atomic E-state index is -1.86. The largest absolute Gasteiger partial charge is 0.481 e. The van der Waals surface area contributed by atoms with Crippen molar-refractivity contribution in [2.45, 2.75) is 138 Å². The molecule has 4 saturated carbocycles. The summed E-state index contributed by atoms with van der Waals surface area (Å²) in [5.41, 5.74) is 4.13. The summed E-state index contributed by atoms with van der Waals surface area (Å²) in [7, 11) is -1.86. The molecule has 0 bridgehead atoms. The molecule has 1 aliphatic heterocycles. The second-order valence-corrected chi connectivity index (χ2v) is 23.1. The van der Waals surface area contributed by atoms with Crippen LogP contribution >= 0.6 is 0 Å². The molecule has 0 aromatic heterocycles. The molecule has 2 N–H and O–H groups in total. The molecule has 0 radical (unpaired) electrons. The van der Waals surface area contributed by atoms with Crippen molar-refractivity contribution in [2.75, 3.05) is 37.7 Å². The lowest BCUT2D eigenvalue weighted by molar-refractivity contribution is -0.221. The summed E-state index contributed by atoms with van der Waals surface area (Å²) < 4.78 is 12.5. The van der Waals surface area contributed by atoms with Gasteiger partial charge in [-0.2, -0.15) is 0 Å². The van der Waals surface area contributed by atoms with Crippen molar-refractivity contribution in [1.29, 1.82) is 0 Å². The number of hydrogen-bond acceptors (Lipinski definition) is 4. The van der Waals surface area contributed by atoms with E-state index in [9.17, 15) is 14.1 Å². The summed E-state index contributed by atoms with van der Waals surface area (Å²) in [4.78, 5) is 14.0. The summed E-state index contributed by atoms with van der Waals surface area (Å²) in [5.74, 6) is 8.20. The molecule has 0 aromatic carbocycles. The predicted molar refractivity (Wildman–Crippen MR) is 207 cm³/mol. The molecule has 9 atom stereocenters. The third-order valence-corrected chi connectivity index (χ3v) is 18.8. The highest BCUT2D eigenvalue weighted by atomic mass is 32.2. The van der Waals surface area contributed by atoms with E-state index in [2.05, 4.69) is 84.1 Å². The van der Waals surface area contributed by atoms with Gasteiger partial charge < -0.3 is 15.3 Å². The van der Waals surface area contributed by atoms with E-state index in [0.717, 1.165) is 62.4 Å². The number of carboxylic acids is 1. The third-order valence-electron chi connectivity index (χ3n) is 17.0. The second kappa shape index (κ2) is 12.8. The number of rotatable bonds is 10.